The van der Waals surface area contributed by atoms with Crippen molar-refractivity contribution in [2.24, 2.45) is 0 Å². The van der Waals surface area contributed by atoms with Crippen LogP contribution in [0.3, 0.4) is 0 Å². The monoisotopic (exact) mass is 644 g/mol. The molecule has 8 nitrogen and oxygen atoms in total. The number of aryl methyl sites for hydroxylation is 2. The number of ether oxygens (including phenoxy) is 3. The zero-order chi connectivity index (χ0) is 28.8. The number of hydrogen-bond acceptors (Lipinski definition) is 7. The van der Waals surface area contributed by atoms with Gasteiger partial charge in [-0.1, -0.05) is 35.4 Å². The lowest BCUT2D eigenvalue weighted by molar-refractivity contribution is -0.123. The summed E-state index contributed by atoms with van der Waals surface area (Å²) in [6.45, 7) is 3.90. The Morgan fingerprint density at radius 1 is 1.07 bits per heavy atom. The Bertz CT molecular complexity index is 1480. The minimum Gasteiger partial charge on any atom is -0.493 e. The second-order valence-corrected chi connectivity index (χ2v) is 11.1. The van der Waals surface area contributed by atoms with Gasteiger partial charge >= 0.3 is 0 Å². The van der Waals surface area contributed by atoms with Gasteiger partial charge in [0.1, 0.15) is 12.4 Å². The van der Waals surface area contributed by atoms with Crippen molar-refractivity contribution in [1.82, 2.24) is 4.90 Å². The lowest BCUT2D eigenvalue weighted by Gasteiger charge is -2.14. The largest absolute Gasteiger partial charge is 0.493 e. The number of imide groups is 1. The molecule has 1 heterocycles. The van der Waals surface area contributed by atoms with Gasteiger partial charge in [-0.3, -0.25) is 19.3 Å². The first-order valence-electron chi connectivity index (χ1n) is 12.2. The van der Waals surface area contributed by atoms with Crippen LogP contribution in [0.25, 0.3) is 6.08 Å². The topological polar surface area (TPSA) is 94.2 Å². The maximum atomic E-state index is 12.9. The molecule has 0 atom stereocenters. The van der Waals surface area contributed by atoms with Gasteiger partial charge in [0.15, 0.2) is 18.1 Å². The number of anilines is 1. The van der Waals surface area contributed by atoms with Gasteiger partial charge in [0.25, 0.3) is 17.1 Å². The molecule has 40 heavy (non-hydrogen) atoms. The number of carbonyl (C=O) groups excluding carboxylic acids is 3. The number of hydrogen-bond donors (Lipinski definition) is 1. The highest BCUT2D eigenvalue weighted by Gasteiger charge is 2.35. The van der Waals surface area contributed by atoms with Gasteiger partial charge in [-0.25, -0.2) is 0 Å². The Balaban J connectivity index is 1.39. The SMILES string of the molecule is COc1cc(/C=C2\SC(=O)N(CCOc3ccc(C)cc3)C2=O)cc(Br)c1OCC(=O)Nc1ccc(C)c(Cl)c1. The van der Waals surface area contributed by atoms with Crippen molar-refractivity contribution < 1.29 is 28.6 Å². The second kappa shape index (κ2) is 13.3. The minimum absolute atomic E-state index is 0.131. The maximum absolute atomic E-state index is 12.9. The third kappa shape index (κ3) is 7.38. The van der Waals surface area contributed by atoms with Gasteiger partial charge in [0.2, 0.25) is 0 Å². The molecule has 1 saturated heterocycles. The van der Waals surface area contributed by atoms with Crippen molar-refractivity contribution in [1.29, 1.82) is 0 Å². The molecular formula is C29H26BrClN2O6S. The lowest BCUT2D eigenvalue weighted by atomic mass is 10.2. The van der Waals surface area contributed by atoms with E-state index in [0.29, 0.717) is 38.0 Å². The molecule has 0 radical (unpaired) electrons. The molecule has 3 amide bonds. The first-order valence-corrected chi connectivity index (χ1v) is 14.1. The van der Waals surface area contributed by atoms with Gasteiger partial charge in [-0.2, -0.15) is 0 Å². The summed E-state index contributed by atoms with van der Waals surface area (Å²) in [5.41, 5.74) is 3.18. The molecule has 4 rings (SSSR count). The van der Waals surface area contributed by atoms with Gasteiger partial charge in [-0.05, 0) is 95.1 Å². The predicted octanol–water partition coefficient (Wildman–Crippen LogP) is 6.86. The number of carbonyl (C=O) groups is 3. The fourth-order valence-corrected chi connectivity index (χ4v) is 5.32. The Morgan fingerprint density at radius 2 is 1.82 bits per heavy atom. The zero-order valence-electron chi connectivity index (χ0n) is 22.0. The normalized spacial score (nSPS) is 14.0. The van der Waals surface area contributed by atoms with E-state index in [0.717, 1.165) is 27.8 Å². The van der Waals surface area contributed by atoms with Crippen LogP contribution in [0.15, 0.2) is 64.0 Å². The molecule has 11 heteroatoms. The fourth-order valence-electron chi connectivity index (χ4n) is 3.70. The maximum Gasteiger partial charge on any atom is 0.293 e. The third-order valence-corrected chi connectivity index (χ3v) is 7.73. The summed E-state index contributed by atoms with van der Waals surface area (Å²) >= 11 is 10.4. The lowest BCUT2D eigenvalue weighted by Crippen LogP contribution is -2.32. The van der Waals surface area contributed by atoms with Gasteiger partial charge in [0.05, 0.1) is 23.0 Å². The Labute approximate surface area is 249 Å². The van der Waals surface area contributed by atoms with Crippen LogP contribution < -0.4 is 19.5 Å². The van der Waals surface area contributed by atoms with Crippen molar-refractivity contribution in [3.05, 3.63) is 85.7 Å². The van der Waals surface area contributed by atoms with Crippen molar-refractivity contribution in [3.8, 4) is 17.2 Å². The number of nitrogens with one attached hydrogen (secondary N) is 1. The van der Waals surface area contributed by atoms with E-state index in [9.17, 15) is 14.4 Å². The molecule has 0 bridgehead atoms. The number of halogens is 2. The highest BCUT2D eigenvalue weighted by atomic mass is 79.9. The summed E-state index contributed by atoms with van der Waals surface area (Å²) in [6.07, 6.45) is 1.61. The van der Waals surface area contributed by atoms with E-state index < -0.39 is 5.91 Å². The molecule has 1 aliphatic rings. The second-order valence-electron chi connectivity index (χ2n) is 8.83. The highest BCUT2D eigenvalue weighted by Crippen LogP contribution is 2.39. The number of benzene rings is 3. The van der Waals surface area contributed by atoms with Crippen LogP contribution >= 0.6 is 39.3 Å². The number of nitrogens with zero attached hydrogens (tertiary/aromatic N) is 1. The van der Waals surface area contributed by atoms with E-state index in [-0.39, 0.29) is 35.8 Å². The molecule has 0 aliphatic carbocycles. The molecule has 3 aromatic carbocycles. The van der Waals surface area contributed by atoms with Crippen molar-refractivity contribution in [3.63, 3.8) is 0 Å². The summed E-state index contributed by atoms with van der Waals surface area (Å²) in [6, 6.07) is 16.1. The van der Waals surface area contributed by atoms with Crippen molar-refractivity contribution in [2.75, 3.05) is 32.2 Å². The summed E-state index contributed by atoms with van der Waals surface area (Å²) < 4.78 is 17.4. The molecule has 0 saturated carbocycles. The fraction of sp³-hybridized carbons (Fsp3) is 0.207. The number of rotatable bonds is 10. The quantitative estimate of drug-likeness (QED) is 0.241. The van der Waals surface area contributed by atoms with Crippen LogP contribution in [0, 0.1) is 13.8 Å². The third-order valence-electron chi connectivity index (χ3n) is 5.83. The van der Waals surface area contributed by atoms with E-state index in [1.54, 1.807) is 30.3 Å². The van der Waals surface area contributed by atoms with Gasteiger partial charge in [0, 0.05) is 10.7 Å². The smallest absolute Gasteiger partial charge is 0.293 e. The molecular weight excluding hydrogens is 620 g/mol. The minimum atomic E-state index is -0.397. The van der Waals surface area contributed by atoms with E-state index in [4.69, 9.17) is 25.8 Å². The van der Waals surface area contributed by atoms with Gasteiger partial charge < -0.3 is 19.5 Å². The zero-order valence-corrected chi connectivity index (χ0v) is 25.1. The Morgan fingerprint density at radius 3 is 2.52 bits per heavy atom. The van der Waals surface area contributed by atoms with Crippen LogP contribution in [0.4, 0.5) is 10.5 Å². The van der Waals surface area contributed by atoms with Gasteiger partial charge in [-0.15, -0.1) is 0 Å². The first kappa shape index (κ1) is 29.5. The summed E-state index contributed by atoms with van der Waals surface area (Å²) in [5, 5.41) is 2.92. The van der Waals surface area contributed by atoms with E-state index in [1.165, 1.54) is 7.11 Å². The van der Waals surface area contributed by atoms with E-state index in [1.807, 2.05) is 44.2 Å². The average Bonchev–Trinajstić information content (AvgIpc) is 3.18. The van der Waals surface area contributed by atoms with Crippen LogP contribution in [-0.4, -0.2) is 48.8 Å². The number of methoxy groups -OCH3 is 1. The molecule has 0 spiro atoms. The number of amides is 3. The Hall–Kier alpha value is -3.47. The number of thioether (sulfide) groups is 1. The molecule has 3 aromatic rings. The average molecular weight is 646 g/mol. The molecule has 208 valence electrons. The molecule has 1 aliphatic heterocycles. The molecule has 0 unspecified atom stereocenters. The molecule has 1 N–H and O–H groups in total. The van der Waals surface area contributed by atoms with E-state index in [2.05, 4.69) is 21.2 Å². The highest BCUT2D eigenvalue weighted by molar-refractivity contribution is 9.10. The summed E-state index contributed by atoms with van der Waals surface area (Å²) in [7, 11) is 1.47. The first-order chi connectivity index (χ1) is 19.1. The summed E-state index contributed by atoms with van der Waals surface area (Å²) in [4.78, 5) is 39.3. The molecule has 0 aromatic heterocycles. The van der Waals surface area contributed by atoms with Crippen LogP contribution in [0.1, 0.15) is 16.7 Å². The van der Waals surface area contributed by atoms with E-state index >= 15 is 0 Å². The predicted molar refractivity (Wildman–Crippen MR) is 160 cm³/mol. The van der Waals surface area contributed by atoms with Crippen LogP contribution in [0.5, 0.6) is 17.2 Å². The van der Waals surface area contributed by atoms with Crippen LogP contribution in [-0.2, 0) is 9.59 Å². The van der Waals surface area contributed by atoms with Crippen molar-refractivity contribution in [2.45, 2.75) is 13.8 Å². The Kier molecular flexibility index (Phi) is 9.78. The summed E-state index contributed by atoms with van der Waals surface area (Å²) in [5.74, 6) is 0.559. The molecule has 1 fully saturated rings. The standard InChI is InChI=1S/C29H26BrClN2O6S/c1-17-4-8-21(9-5-17)38-11-10-33-28(35)25(40-29(33)36)14-19-12-22(30)27(24(13-19)37-3)39-16-26(34)32-20-7-6-18(2)23(31)15-20/h4-9,12-15H,10-11,16H2,1-3H3,(H,32,34)/b25-14-. The van der Waals surface area contributed by atoms with Crippen LogP contribution in [0.2, 0.25) is 5.02 Å². The van der Waals surface area contributed by atoms with Crippen molar-refractivity contribution >= 4 is 68.1 Å².